The Morgan fingerprint density at radius 2 is 1.72 bits per heavy atom. The summed E-state index contributed by atoms with van der Waals surface area (Å²) in [6, 6.07) is 0. The number of piperidine rings is 1. The molecule has 0 saturated carbocycles. The molecule has 0 aliphatic carbocycles. The van der Waals surface area contributed by atoms with Crippen molar-refractivity contribution in [3.05, 3.63) is 0 Å². The van der Waals surface area contributed by atoms with Gasteiger partial charge in [-0.1, -0.05) is 40.0 Å². The number of carbonyl (C=O) groups is 1. The van der Waals surface area contributed by atoms with E-state index in [4.69, 9.17) is 0 Å². The zero-order chi connectivity index (χ0) is 13.6. The van der Waals surface area contributed by atoms with Crippen LogP contribution in [0.5, 0.6) is 0 Å². The highest BCUT2D eigenvalue weighted by atomic mass is 16.2. The summed E-state index contributed by atoms with van der Waals surface area (Å²) in [5, 5.41) is 0. The molecule has 0 radical (unpaired) electrons. The summed E-state index contributed by atoms with van der Waals surface area (Å²) in [7, 11) is 0. The van der Waals surface area contributed by atoms with Crippen LogP contribution in [0.15, 0.2) is 0 Å². The van der Waals surface area contributed by atoms with E-state index >= 15 is 0 Å². The first-order valence-corrected chi connectivity index (χ1v) is 7.82. The third kappa shape index (κ3) is 4.00. The number of hydrogen-bond donors (Lipinski definition) is 0. The predicted octanol–water partition coefficient (Wildman–Crippen LogP) is 4.24. The number of likely N-dealkylation sites (tertiary alicyclic amines) is 1. The Kier molecular flexibility index (Phi) is 6.17. The van der Waals surface area contributed by atoms with Gasteiger partial charge in [-0.05, 0) is 37.0 Å². The lowest BCUT2D eigenvalue weighted by molar-refractivity contribution is -0.131. The Hall–Kier alpha value is -0.530. The van der Waals surface area contributed by atoms with Crippen molar-refractivity contribution >= 4 is 5.91 Å². The van der Waals surface area contributed by atoms with Gasteiger partial charge in [-0.15, -0.1) is 0 Å². The second-order valence-electron chi connectivity index (χ2n) is 6.14. The van der Waals surface area contributed by atoms with Gasteiger partial charge in [0.15, 0.2) is 0 Å². The number of nitrogens with zero attached hydrogens (tertiary/aromatic N) is 1. The maximum atomic E-state index is 11.4. The van der Waals surface area contributed by atoms with Crippen LogP contribution >= 0.6 is 0 Å². The van der Waals surface area contributed by atoms with Gasteiger partial charge in [0, 0.05) is 20.0 Å². The summed E-state index contributed by atoms with van der Waals surface area (Å²) >= 11 is 0. The van der Waals surface area contributed by atoms with Crippen LogP contribution in [-0.4, -0.2) is 23.9 Å². The van der Waals surface area contributed by atoms with Crippen LogP contribution in [0.2, 0.25) is 0 Å². The van der Waals surface area contributed by atoms with Crippen LogP contribution in [0.1, 0.15) is 72.6 Å². The lowest BCUT2D eigenvalue weighted by atomic mass is 9.68. The van der Waals surface area contributed by atoms with Crippen molar-refractivity contribution in [3.63, 3.8) is 0 Å². The molecule has 0 N–H and O–H groups in total. The molecule has 0 aromatic rings. The summed E-state index contributed by atoms with van der Waals surface area (Å²) in [6.07, 6.45) is 9.04. The average Bonchev–Trinajstić information content (AvgIpc) is 2.37. The molecule has 0 atom stereocenters. The van der Waals surface area contributed by atoms with Crippen LogP contribution in [0, 0.1) is 11.3 Å². The summed E-state index contributed by atoms with van der Waals surface area (Å²) in [5.74, 6) is 1.13. The van der Waals surface area contributed by atoms with Gasteiger partial charge in [0.1, 0.15) is 0 Å². The van der Waals surface area contributed by atoms with Crippen molar-refractivity contribution in [1.29, 1.82) is 0 Å². The standard InChI is InChI=1S/C16H31NO/c1-5-8-16(13-15(6-2)7-3)9-11-17(12-10-16)14(4)18/h15H,5-13H2,1-4H3. The van der Waals surface area contributed by atoms with E-state index in [1.165, 1.54) is 44.9 Å². The van der Waals surface area contributed by atoms with E-state index in [0.717, 1.165) is 19.0 Å². The van der Waals surface area contributed by atoms with Crippen LogP contribution in [0.25, 0.3) is 0 Å². The summed E-state index contributed by atoms with van der Waals surface area (Å²) in [5.41, 5.74) is 0.525. The van der Waals surface area contributed by atoms with Gasteiger partial charge in [0.05, 0.1) is 0 Å². The molecule has 0 unspecified atom stereocenters. The van der Waals surface area contributed by atoms with Gasteiger partial charge in [-0.3, -0.25) is 4.79 Å². The van der Waals surface area contributed by atoms with Crippen LogP contribution in [0.4, 0.5) is 0 Å². The maximum Gasteiger partial charge on any atom is 0.219 e. The highest BCUT2D eigenvalue weighted by molar-refractivity contribution is 5.73. The number of carbonyl (C=O) groups excluding carboxylic acids is 1. The molecule has 1 rings (SSSR count). The molecule has 1 fully saturated rings. The smallest absolute Gasteiger partial charge is 0.219 e. The Morgan fingerprint density at radius 3 is 2.11 bits per heavy atom. The van der Waals surface area contributed by atoms with Gasteiger partial charge in [-0.2, -0.15) is 0 Å². The topological polar surface area (TPSA) is 20.3 Å². The lowest BCUT2D eigenvalue weighted by Crippen LogP contribution is -2.43. The van der Waals surface area contributed by atoms with Crippen molar-refractivity contribution in [2.24, 2.45) is 11.3 Å². The first kappa shape index (κ1) is 15.5. The summed E-state index contributed by atoms with van der Waals surface area (Å²) in [6.45, 7) is 10.6. The lowest BCUT2D eigenvalue weighted by Gasteiger charge is -2.43. The molecule has 1 aliphatic rings. The number of rotatable bonds is 6. The number of hydrogen-bond acceptors (Lipinski definition) is 1. The molecule has 106 valence electrons. The molecule has 2 nitrogen and oxygen atoms in total. The van der Waals surface area contributed by atoms with Gasteiger partial charge < -0.3 is 4.90 Å². The molecular weight excluding hydrogens is 222 g/mol. The fraction of sp³-hybridized carbons (Fsp3) is 0.938. The first-order valence-electron chi connectivity index (χ1n) is 7.82. The molecule has 2 heteroatoms. The molecule has 0 bridgehead atoms. The predicted molar refractivity (Wildman–Crippen MR) is 77.5 cm³/mol. The highest BCUT2D eigenvalue weighted by Gasteiger charge is 2.35. The minimum atomic E-state index is 0.252. The molecular formula is C16H31NO. The molecule has 1 heterocycles. The summed E-state index contributed by atoms with van der Waals surface area (Å²) < 4.78 is 0. The minimum absolute atomic E-state index is 0.252. The van der Waals surface area contributed by atoms with E-state index in [9.17, 15) is 4.79 Å². The largest absolute Gasteiger partial charge is 0.343 e. The van der Waals surface area contributed by atoms with E-state index in [-0.39, 0.29) is 5.91 Å². The maximum absolute atomic E-state index is 11.4. The van der Waals surface area contributed by atoms with E-state index in [2.05, 4.69) is 20.8 Å². The average molecular weight is 253 g/mol. The van der Waals surface area contributed by atoms with Gasteiger partial charge in [-0.25, -0.2) is 0 Å². The molecule has 0 aromatic carbocycles. The van der Waals surface area contributed by atoms with Gasteiger partial charge >= 0.3 is 0 Å². The van der Waals surface area contributed by atoms with Crippen LogP contribution < -0.4 is 0 Å². The molecule has 1 saturated heterocycles. The van der Waals surface area contributed by atoms with Crippen molar-refractivity contribution in [3.8, 4) is 0 Å². The van der Waals surface area contributed by atoms with E-state index in [1.807, 2.05) is 4.90 Å². The van der Waals surface area contributed by atoms with Gasteiger partial charge in [0.25, 0.3) is 0 Å². The monoisotopic (exact) mass is 253 g/mol. The van der Waals surface area contributed by atoms with Crippen LogP contribution in [0.3, 0.4) is 0 Å². The minimum Gasteiger partial charge on any atom is -0.343 e. The number of amides is 1. The Labute approximate surface area is 113 Å². The van der Waals surface area contributed by atoms with E-state index < -0.39 is 0 Å². The van der Waals surface area contributed by atoms with E-state index in [1.54, 1.807) is 6.92 Å². The zero-order valence-corrected chi connectivity index (χ0v) is 12.8. The fourth-order valence-corrected chi connectivity index (χ4v) is 3.57. The van der Waals surface area contributed by atoms with Gasteiger partial charge in [0.2, 0.25) is 5.91 Å². The molecule has 1 amide bonds. The second kappa shape index (κ2) is 7.16. The normalized spacial score (nSPS) is 19.3. The van der Waals surface area contributed by atoms with Crippen molar-refractivity contribution in [1.82, 2.24) is 4.90 Å². The Bertz CT molecular complexity index is 250. The highest BCUT2D eigenvalue weighted by Crippen LogP contribution is 2.43. The zero-order valence-electron chi connectivity index (χ0n) is 12.8. The van der Waals surface area contributed by atoms with Crippen molar-refractivity contribution in [2.75, 3.05) is 13.1 Å². The Morgan fingerprint density at radius 1 is 1.17 bits per heavy atom. The SMILES string of the molecule is CCCC1(CC(CC)CC)CCN(C(C)=O)CC1. The molecule has 0 spiro atoms. The third-order valence-electron chi connectivity index (χ3n) is 4.93. The third-order valence-corrected chi connectivity index (χ3v) is 4.93. The van der Waals surface area contributed by atoms with E-state index in [0.29, 0.717) is 5.41 Å². The second-order valence-corrected chi connectivity index (χ2v) is 6.14. The van der Waals surface area contributed by atoms with Crippen LogP contribution in [-0.2, 0) is 4.79 Å². The Balaban J connectivity index is 2.62. The fourth-order valence-electron chi connectivity index (χ4n) is 3.57. The quantitative estimate of drug-likeness (QED) is 0.693. The molecule has 0 aromatic heterocycles. The first-order chi connectivity index (χ1) is 8.56. The summed E-state index contributed by atoms with van der Waals surface area (Å²) in [4.78, 5) is 13.5. The van der Waals surface area contributed by atoms with Crippen molar-refractivity contribution < 1.29 is 4.79 Å². The molecule has 1 aliphatic heterocycles. The van der Waals surface area contributed by atoms with Crippen molar-refractivity contribution in [2.45, 2.75) is 72.6 Å². The molecule has 18 heavy (non-hydrogen) atoms.